The van der Waals surface area contributed by atoms with Crippen LogP contribution in [0.2, 0.25) is 0 Å². The van der Waals surface area contributed by atoms with Gasteiger partial charge in [-0.1, -0.05) is 0 Å². The fraction of sp³-hybridized carbons (Fsp3) is 0.0476. The molecule has 0 unspecified atom stereocenters. The van der Waals surface area contributed by atoms with E-state index >= 15 is 0 Å². The SMILES string of the molecule is Cc1cccc(C(=C[Se]c2ccccc2)c2ccccc2)c1. The van der Waals surface area contributed by atoms with Crippen molar-refractivity contribution >= 4 is 25.0 Å². The Morgan fingerprint density at radius 3 is 2.05 bits per heavy atom. The van der Waals surface area contributed by atoms with Crippen molar-refractivity contribution in [3.63, 3.8) is 0 Å². The second kappa shape index (κ2) is 7.26. The van der Waals surface area contributed by atoms with E-state index in [1.165, 1.54) is 26.7 Å². The summed E-state index contributed by atoms with van der Waals surface area (Å²) in [4.78, 5) is 2.40. The Labute approximate surface area is 138 Å². The van der Waals surface area contributed by atoms with Crippen molar-refractivity contribution in [2.24, 2.45) is 0 Å². The molecule has 3 rings (SSSR count). The second-order valence-corrected chi connectivity index (χ2v) is 7.18. The Kier molecular flexibility index (Phi) is 4.90. The van der Waals surface area contributed by atoms with E-state index in [1.807, 2.05) is 0 Å². The Morgan fingerprint density at radius 1 is 0.727 bits per heavy atom. The maximum atomic E-state index is 2.40. The summed E-state index contributed by atoms with van der Waals surface area (Å²) in [5, 5.41) is 0. The molecule has 0 saturated carbocycles. The third-order valence-corrected chi connectivity index (χ3v) is 5.35. The van der Waals surface area contributed by atoms with Crippen molar-refractivity contribution in [2.45, 2.75) is 6.92 Å². The molecule has 0 saturated heterocycles. The molecule has 108 valence electrons. The van der Waals surface area contributed by atoms with E-state index in [0.29, 0.717) is 15.0 Å². The van der Waals surface area contributed by atoms with Gasteiger partial charge in [0.1, 0.15) is 0 Å². The molecule has 0 nitrogen and oxygen atoms in total. The first-order chi connectivity index (χ1) is 10.8. The van der Waals surface area contributed by atoms with E-state index in [1.54, 1.807) is 0 Å². The van der Waals surface area contributed by atoms with Gasteiger partial charge in [0.15, 0.2) is 0 Å². The Morgan fingerprint density at radius 2 is 1.36 bits per heavy atom. The van der Waals surface area contributed by atoms with Crippen molar-refractivity contribution < 1.29 is 0 Å². The molecule has 0 spiro atoms. The molecule has 22 heavy (non-hydrogen) atoms. The van der Waals surface area contributed by atoms with Crippen LogP contribution in [0.4, 0.5) is 0 Å². The van der Waals surface area contributed by atoms with E-state index in [-0.39, 0.29) is 0 Å². The molecule has 0 aromatic heterocycles. The van der Waals surface area contributed by atoms with Crippen LogP contribution in [0.1, 0.15) is 16.7 Å². The second-order valence-electron chi connectivity index (χ2n) is 5.20. The van der Waals surface area contributed by atoms with Crippen LogP contribution in [-0.4, -0.2) is 15.0 Å². The molecule has 0 N–H and O–H groups in total. The molecule has 0 aliphatic heterocycles. The summed E-state index contributed by atoms with van der Waals surface area (Å²) >= 11 is 0.330. The zero-order valence-corrected chi connectivity index (χ0v) is 14.3. The van der Waals surface area contributed by atoms with Gasteiger partial charge in [-0.3, -0.25) is 0 Å². The van der Waals surface area contributed by atoms with Gasteiger partial charge in [-0.2, -0.15) is 0 Å². The quantitative estimate of drug-likeness (QED) is 0.612. The summed E-state index contributed by atoms with van der Waals surface area (Å²) in [6.45, 7) is 2.15. The topological polar surface area (TPSA) is 0 Å². The van der Waals surface area contributed by atoms with Crippen molar-refractivity contribution in [3.8, 4) is 0 Å². The van der Waals surface area contributed by atoms with Gasteiger partial charge < -0.3 is 0 Å². The van der Waals surface area contributed by atoms with Crippen LogP contribution < -0.4 is 4.46 Å². The first-order valence-electron chi connectivity index (χ1n) is 7.37. The minimum atomic E-state index is 0.330. The molecule has 0 aliphatic carbocycles. The predicted octanol–water partition coefficient (Wildman–Crippen LogP) is 4.41. The van der Waals surface area contributed by atoms with Gasteiger partial charge in [-0.05, 0) is 0 Å². The molecule has 1 heteroatoms. The van der Waals surface area contributed by atoms with Crippen LogP contribution in [0, 0.1) is 6.92 Å². The molecule has 0 aliphatic rings. The van der Waals surface area contributed by atoms with Crippen LogP contribution in [0.15, 0.2) is 89.9 Å². The summed E-state index contributed by atoms with van der Waals surface area (Å²) in [6.07, 6.45) is 0. The van der Waals surface area contributed by atoms with Gasteiger partial charge in [-0.25, -0.2) is 0 Å². The molecule has 0 atom stereocenters. The van der Waals surface area contributed by atoms with E-state index < -0.39 is 0 Å². The van der Waals surface area contributed by atoms with Gasteiger partial charge in [0.2, 0.25) is 0 Å². The zero-order chi connectivity index (χ0) is 15.2. The summed E-state index contributed by atoms with van der Waals surface area (Å²) in [5.41, 5.74) is 5.20. The third kappa shape index (κ3) is 3.76. The van der Waals surface area contributed by atoms with Crippen LogP contribution in [-0.2, 0) is 0 Å². The van der Waals surface area contributed by atoms with Gasteiger partial charge in [0.25, 0.3) is 0 Å². The van der Waals surface area contributed by atoms with E-state index in [4.69, 9.17) is 0 Å². The molecule has 0 radical (unpaired) electrons. The normalized spacial score (nSPS) is 11.4. The van der Waals surface area contributed by atoms with Crippen molar-refractivity contribution in [3.05, 3.63) is 107 Å². The van der Waals surface area contributed by atoms with E-state index in [9.17, 15) is 0 Å². The fourth-order valence-electron chi connectivity index (χ4n) is 2.36. The van der Waals surface area contributed by atoms with Crippen LogP contribution in [0.3, 0.4) is 0 Å². The number of benzene rings is 3. The fourth-order valence-corrected chi connectivity index (χ4v) is 4.12. The molecule has 0 amide bonds. The number of hydrogen-bond acceptors (Lipinski definition) is 0. The first-order valence-corrected chi connectivity index (χ1v) is 9.22. The molecule has 3 aromatic carbocycles. The minimum absolute atomic E-state index is 0.330. The molecule has 0 heterocycles. The van der Waals surface area contributed by atoms with Crippen LogP contribution >= 0.6 is 0 Å². The van der Waals surface area contributed by atoms with E-state index in [0.717, 1.165) is 0 Å². The summed E-state index contributed by atoms with van der Waals surface area (Å²) in [5.74, 6) is 0. The Balaban J connectivity index is 2.00. The van der Waals surface area contributed by atoms with Gasteiger partial charge in [0, 0.05) is 0 Å². The number of hydrogen-bond donors (Lipinski definition) is 0. The predicted molar refractivity (Wildman–Crippen MR) is 96.5 cm³/mol. The van der Waals surface area contributed by atoms with Crippen molar-refractivity contribution in [2.75, 3.05) is 0 Å². The number of rotatable bonds is 4. The summed E-state index contributed by atoms with van der Waals surface area (Å²) in [6, 6.07) is 30.1. The maximum absolute atomic E-state index is 2.40. The number of aryl methyl sites for hydroxylation is 1. The van der Waals surface area contributed by atoms with Gasteiger partial charge in [0.05, 0.1) is 0 Å². The molecule has 0 fully saturated rings. The van der Waals surface area contributed by atoms with Gasteiger partial charge in [-0.15, -0.1) is 0 Å². The molecule has 0 bridgehead atoms. The van der Waals surface area contributed by atoms with E-state index in [2.05, 4.69) is 96.8 Å². The van der Waals surface area contributed by atoms with Crippen molar-refractivity contribution in [1.29, 1.82) is 0 Å². The summed E-state index contributed by atoms with van der Waals surface area (Å²) in [7, 11) is 0. The summed E-state index contributed by atoms with van der Waals surface area (Å²) < 4.78 is 1.40. The average molecular weight is 349 g/mol. The standard InChI is InChI=1S/C21H18Se/c1-17-9-8-12-19(15-17)21(18-10-4-2-5-11-18)16-22-20-13-6-3-7-14-20/h2-16H,1H3. The third-order valence-electron chi connectivity index (χ3n) is 3.47. The molecule has 3 aromatic rings. The zero-order valence-electron chi connectivity index (χ0n) is 12.6. The molecular formula is C21H18Se. The monoisotopic (exact) mass is 350 g/mol. The Hall–Kier alpha value is -2.08. The van der Waals surface area contributed by atoms with Crippen LogP contribution in [0.5, 0.6) is 0 Å². The average Bonchev–Trinajstić information content (AvgIpc) is 2.57. The first kappa shape index (κ1) is 14.8. The Bertz CT molecular complexity index is 758. The molecular weight excluding hydrogens is 331 g/mol. The van der Waals surface area contributed by atoms with Crippen molar-refractivity contribution in [1.82, 2.24) is 0 Å². The van der Waals surface area contributed by atoms with Crippen LogP contribution in [0.25, 0.3) is 5.57 Å². The van der Waals surface area contributed by atoms with Gasteiger partial charge >= 0.3 is 139 Å².